The number of rotatable bonds is 34. The summed E-state index contributed by atoms with van der Waals surface area (Å²) in [5, 5.41) is -1.93. The molecule has 0 aromatic carbocycles. The molecular weight excluding hydrogens is 662 g/mol. The van der Waals surface area contributed by atoms with E-state index < -0.39 is 39.7 Å². The molecule has 0 saturated heterocycles. The van der Waals surface area contributed by atoms with Gasteiger partial charge in [-0.3, -0.25) is 14.4 Å². The minimum Gasteiger partial charge on any atom is -1.00 e. The van der Waals surface area contributed by atoms with E-state index in [1.807, 2.05) is 0 Å². The van der Waals surface area contributed by atoms with Crippen LogP contribution >= 0.6 is 0 Å². The number of hydrogen-bond acceptors (Lipinski definition) is 8. The molecule has 0 rings (SSSR count). The molecule has 0 spiro atoms. The summed E-state index contributed by atoms with van der Waals surface area (Å²) in [6.07, 6.45) is 30.0. The quantitative estimate of drug-likeness (QED) is 0.0308. The SMILES string of the molecule is CCCCCCCC/C=C\CCCCCCCC(=O)OS(=O)(=O)C(CC(=O)OCCCCCCCC)C(=O)OCCCCCCCC.[H-].[H-].[Na+].[Na+]. The summed E-state index contributed by atoms with van der Waals surface area (Å²) in [7, 11) is -4.72. The van der Waals surface area contributed by atoms with Crippen molar-refractivity contribution in [1.82, 2.24) is 0 Å². The van der Waals surface area contributed by atoms with Crippen molar-refractivity contribution in [1.29, 1.82) is 0 Å². The van der Waals surface area contributed by atoms with Gasteiger partial charge in [-0.2, -0.15) is 8.42 Å². The molecule has 1 atom stereocenters. The van der Waals surface area contributed by atoms with E-state index in [2.05, 4.69) is 32.9 Å². The van der Waals surface area contributed by atoms with E-state index in [0.29, 0.717) is 19.3 Å². The molecule has 0 aliphatic carbocycles. The molecule has 280 valence electrons. The summed E-state index contributed by atoms with van der Waals surface area (Å²) in [6, 6.07) is 0. The van der Waals surface area contributed by atoms with E-state index in [-0.39, 0.29) is 81.6 Å². The van der Waals surface area contributed by atoms with Gasteiger partial charge in [0.05, 0.1) is 19.6 Å². The maximum Gasteiger partial charge on any atom is 1.00 e. The Hall–Kier alpha value is 0.100. The van der Waals surface area contributed by atoms with Crippen LogP contribution in [0.4, 0.5) is 0 Å². The standard InChI is InChI=1S/C38H70O8S.2Na.2H/c1-4-7-10-13-16-17-18-19-20-21-22-23-24-25-28-31-36(39)46-47(42,43)35(38(41)45-33-30-27-15-12-9-6-3)34-37(40)44-32-29-26-14-11-8-5-2;;;;/h19-20,35H,4-18,21-34H2,1-3H3;;;;/q;2*+1;2*-1/b20-19-;;;;. The van der Waals surface area contributed by atoms with Crippen molar-refractivity contribution in [2.24, 2.45) is 0 Å². The average Bonchev–Trinajstić information content (AvgIpc) is 3.04. The molecule has 0 saturated carbocycles. The molecule has 0 aliphatic rings. The zero-order valence-corrected chi connectivity index (χ0v) is 37.2. The van der Waals surface area contributed by atoms with Crippen LogP contribution in [0.5, 0.6) is 0 Å². The molecule has 0 radical (unpaired) electrons. The Bertz CT molecular complexity index is 924. The van der Waals surface area contributed by atoms with Crippen molar-refractivity contribution >= 4 is 28.0 Å². The van der Waals surface area contributed by atoms with Gasteiger partial charge >= 0.3 is 87.1 Å². The van der Waals surface area contributed by atoms with E-state index in [1.165, 1.54) is 38.5 Å². The topological polar surface area (TPSA) is 113 Å². The number of carbonyl (C=O) groups is 3. The molecular formula is C38H72Na2O8S. The Labute approximate surface area is 348 Å². The first-order chi connectivity index (χ1) is 22.8. The van der Waals surface area contributed by atoms with Crippen LogP contribution < -0.4 is 59.1 Å². The number of esters is 2. The van der Waals surface area contributed by atoms with E-state index in [9.17, 15) is 22.8 Å². The fourth-order valence-corrected chi connectivity index (χ4v) is 6.40. The number of allylic oxidation sites excluding steroid dienone is 2. The molecule has 0 heterocycles. The van der Waals surface area contributed by atoms with Crippen molar-refractivity contribution in [3.05, 3.63) is 12.2 Å². The van der Waals surface area contributed by atoms with E-state index in [4.69, 9.17) is 13.7 Å². The van der Waals surface area contributed by atoms with Gasteiger partial charge < -0.3 is 16.5 Å². The molecule has 1 unspecified atom stereocenters. The zero-order valence-electron chi connectivity index (χ0n) is 34.4. The molecule has 0 aliphatic heterocycles. The summed E-state index contributed by atoms with van der Waals surface area (Å²) in [5.74, 6) is -2.82. The molecule has 11 heteroatoms. The predicted octanol–water partition coefficient (Wildman–Crippen LogP) is 4.70. The zero-order chi connectivity index (χ0) is 34.9. The Kier molecular flexibility index (Phi) is 42.9. The van der Waals surface area contributed by atoms with Gasteiger partial charge in [0, 0.05) is 6.42 Å². The summed E-state index contributed by atoms with van der Waals surface area (Å²) >= 11 is 0. The molecule has 0 fully saturated rings. The number of unbranched alkanes of at least 4 members (excludes halogenated alkanes) is 21. The molecule has 0 aromatic heterocycles. The van der Waals surface area contributed by atoms with Crippen LogP contribution in [0.3, 0.4) is 0 Å². The molecule has 8 nitrogen and oxygen atoms in total. The normalized spacial score (nSPS) is 11.8. The molecule has 0 aromatic rings. The van der Waals surface area contributed by atoms with Crippen LogP contribution in [-0.2, 0) is 38.2 Å². The van der Waals surface area contributed by atoms with Crippen LogP contribution in [0.25, 0.3) is 0 Å². The number of carbonyl (C=O) groups excluding carboxylic acids is 3. The summed E-state index contributed by atoms with van der Waals surface area (Å²) in [5.41, 5.74) is 0. The minimum absolute atomic E-state index is 0. The van der Waals surface area contributed by atoms with Gasteiger partial charge in [-0.15, -0.1) is 0 Å². The fourth-order valence-electron chi connectivity index (χ4n) is 5.30. The van der Waals surface area contributed by atoms with E-state index in [1.54, 1.807) is 0 Å². The van der Waals surface area contributed by atoms with Crippen molar-refractivity contribution in [2.45, 2.75) is 199 Å². The summed E-state index contributed by atoms with van der Waals surface area (Å²) < 4.78 is 41.3. The Morgan fingerprint density at radius 2 is 0.918 bits per heavy atom. The largest absolute Gasteiger partial charge is 1.00 e. The maximum atomic E-state index is 13.0. The first kappa shape index (κ1) is 53.5. The Morgan fingerprint density at radius 1 is 0.531 bits per heavy atom. The van der Waals surface area contributed by atoms with Gasteiger partial charge in [-0.1, -0.05) is 148 Å². The van der Waals surface area contributed by atoms with Crippen molar-refractivity contribution in [3.8, 4) is 0 Å². The Balaban J connectivity index is -0.00000176. The maximum absolute atomic E-state index is 13.0. The number of ether oxygens (including phenoxy) is 2. The monoisotopic (exact) mass is 734 g/mol. The van der Waals surface area contributed by atoms with Crippen LogP contribution in [0.15, 0.2) is 12.2 Å². The van der Waals surface area contributed by atoms with Gasteiger partial charge in [0.25, 0.3) is 0 Å². The van der Waals surface area contributed by atoms with Crippen LogP contribution in [-0.4, -0.2) is 44.8 Å². The number of hydrogen-bond donors (Lipinski definition) is 0. The third-order valence-corrected chi connectivity index (χ3v) is 9.79. The third kappa shape index (κ3) is 34.9. The second-order valence-electron chi connectivity index (χ2n) is 12.9. The van der Waals surface area contributed by atoms with E-state index >= 15 is 0 Å². The first-order valence-corrected chi connectivity index (χ1v) is 20.7. The van der Waals surface area contributed by atoms with Gasteiger partial charge in [0.1, 0.15) is 0 Å². The van der Waals surface area contributed by atoms with Crippen molar-refractivity contribution < 1.29 is 98.4 Å². The fraction of sp³-hybridized carbons (Fsp3) is 0.868. The molecule has 0 amide bonds. The Morgan fingerprint density at radius 3 is 1.39 bits per heavy atom. The first-order valence-electron chi connectivity index (χ1n) is 19.2. The summed E-state index contributed by atoms with van der Waals surface area (Å²) in [6.45, 7) is 6.71. The molecule has 0 N–H and O–H groups in total. The van der Waals surface area contributed by atoms with Crippen LogP contribution in [0.2, 0.25) is 0 Å². The van der Waals surface area contributed by atoms with Gasteiger partial charge in [0.15, 0.2) is 0 Å². The van der Waals surface area contributed by atoms with Crippen molar-refractivity contribution in [2.75, 3.05) is 13.2 Å². The van der Waals surface area contributed by atoms with Gasteiger partial charge in [-0.25, -0.2) is 0 Å². The van der Waals surface area contributed by atoms with Crippen LogP contribution in [0, 0.1) is 0 Å². The third-order valence-electron chi connectivity index (χ3n) is 8.32. The summed E-state index contributed by atoms with van der Waals surface area (Å²) in [4.78, 5) is 37.7. The molecule has 0 bridgehead atoms. The predicted molar refractivity (Wildman–Crippen MR) is 194 cm³/mol. The van der Waals surface area contributed by atoms with E-state index in [0.717, 1.165) is 103 Å². The second kappa shape index (κ2) is 39.3. The van der Waals surface area contributed by atoms with Crippen molar-refractivity contribution in [3.63, 3.8) is 0 Å². The van der Waals surface area contributed by atoms with Gasteiger partial charge in [-0.05, 0) is 44.9 Å². The smallest absolute Gasteiger partial charge is 1.00 e. The second-order valence-corrected chi connectivity index (χ2v) is 14.6. The van der Waals surface area contributed by atoms with Crippen LogP contribution in [0.1, 0.15) is 197 Å². The van der Waals surface area contributed by atoms with Gasteiger partial charge in [0.2, 0.25) is 5.25 Å². The minimum atomic E-state index is -4.72. The molecule has 49 heavy (non-hydrogen) atoms. The average molecular weight is 735 g/mol.